The van der Waals surface area contributed by atoms with E-state index < -0.39 is 5.97 Å². The van der Waals surface area contributed by atoms with E-state index >= 15 is 0 Å². The molecular weight excluding hydrogens is 254 g/mol. The highest BCUT2D eigenvalue weighted by molar-refractivity contribution is 5.95. The number of rotatable bonds is 2. The van der Waals surface area contributed by atoms with E-state index in [4.69, 9.17) is 5.26 Å². The topological polar surface area (TPSA) is 78.9 Å². The van der Waals surface area contributed by atoms with E-state index in [0.29, 0.717) is 16.8 Å². The van der Waals surface area contributed by atoms with E-state index in [1.165, 1.54) is 12.1 Å². The first-order valence-corrected chi connectivity index (χ1v) is 6.17. The Morgan fingerprint density at radius 2 is 2.05 bits per heavy atom. The molecule has 2 rings (SSSR count). The zero-order chi connectivity index (χ0) is 14.9. The summed E-state index contributed by atoms with van der Waals surface area (Å²) in [6.07, 6.45) is 1.81. The van der Waals surface area contributed by atoms with Crippen molar-refractivity contribution >= 4 is 5.97 Å². The summed E-state index contributed by atoms with van der Waals surface area (Å²) in [5.74, 6) is -1.03. The van der Waals surface area contributed by atoms with Crippen molar-refractivity contribution in [2.75, 3.05) is 0 Å². The molecule has 0 bridgehead atoms. The van der Waals surface area contributed by atoms with Gasteiger partial charge in [-0.3, -0.25) is 4.68 Å². The molecular formula is C15H15N3O2. The van der Waals surface area contributed by atoms with Crippen LogP contribution in [0.15, 0.2) is 30.5 Å². The van der Waals surface area contributed by atoms with Gasteiger partial charge in [0, 0.05) is 11.8 Å². The van der Waals surface area contributed by atoms with E-state index in [1.54, 1.807) is 23.0 Å². The summed E-state index contributed by atoms with van der Waals surface area (Å²) >= 11 is 0. The minimum absolute atomic E-state index is 0.142. The highest BCUT2D eigenvalue weighted by atomic mass is 16.4. The van der Waals surface area contributed by atoms with Gasteiger partial charge in [-0.2, -0.15) is 10.4 Å². The minimum Gasteiger partial charge on any atom is -0.478 e. The summed E-state index contributed by atoms with van der Waals surface area (Å²) in [5.41, 5.74) is 1.38. The highest BCUT2D eigenvalue weighted by Crippen LogP contribution is 2.25. The molecule has 0 spiro atoms. The maximum atomic E-state index is 11.3. The number of nitrogens with zero attached hydrogens (tertiary/aromatic N) is 3. The average Bonchev–Trinajstić information content (AvgIpc) is 2.87. The van der Waals surface area contributed by atoms with Crippen molar-refractivity contribution in [3.63, 3.8) is 0 Å². The molecule has 0 unspecified atom stereocenters. The van der Waals surface area contributed by atoms with Crippen molar-refractivity contribution in [1.29, 1.82) is 5.26 Å². The normalized spacial score (nSPS) is 11.1. The molecule has 0 amide bonds. The second kappa shape index (κ2) is 4.82. The van der Waals surface area contributed by atoms with Gasteiger partial charge in [-0.15, -0.1) is 0 Å². The average molecular weight is 269 g/mol. The molecule has 0 atom stereocenters. The Morgan fingerprint density at radius 1 is 1.35 bits per heavy atom. The number of carboxylic acid groups (broad SMARTS) is 1. The van der Waals surface area contributed by atoms with Crippen molar-refractivity contribution in [2.24, 2.45) is 0 Å². The van der Waals surface area contributed by atoms with Crippen LogP contribution in [0.5, 0.6) is 0 Å². The fourth-order valence-electron chi connectivity index (χ4n) is 1.85. The maximum absolute atomic E-state index is 11.3. The number of hydrogen-bond donors (Lipinski definition) is 1. The van der Waals surface area contributed by atoms with Crippen molar-refractivity contribution in [3.05, 3.63) is 41.6 Å². The Labute approximate surface area is 117 Å². The molecule has 0 aliphatic rings. The molecule has 5 heteroatoms. The van der Waals surface area contributed by atoms with E-state index in [2.05, 4.69) is 5.10 Å². The predicted molar refractivity (Wildman–Crippen MR) is 74.3 cm³/mol. The second-order valence-electron chi connectivity index (χ2n) is 5.49. The SMILES string of the molecule is CC(C)(C)n1ccc(-c2cc(C#N)ccc2C(=O)O)n1. The molecule has 1 aromatic carbocycles. The molecule has 1 aromatic heterocycles. The van der Waals surface area contributed by atoms with E-state index in [9.17, 15) is 9.90 Å². The number of hydrogen-bond acceptors (Lipinski definition) is 3. The largest absolute Gasteiger partial charge is 0.478 e. The molecule has 102 valence electrons. The van der Waals surface area contributed by atoms with Gasteiger partial charge in [0.1, 0.15) is 0 Å². The molecule has 1 heterocycles. The monoisotopic (exact) mass is 269 g/mol. The van der Waals surface area contributed by atoms with E-state index in [0.717, 1.165) is 0 Å². The Morgan fingerprint density at radius 3 is 2.55 bits per heavy atom. The molecule has 2 aromatic rings. The number of aromatic nitrogens is 2. The van der Waals surface area contributed by atoms with Crippen LogP contribution in [0.1, 0.15) is 36.7 Å². The zero-order valence-corrected chi connectivity index (χ0v) is 11.6. The fourth-order valence-corrected chi connectivity index (χ4v) is 1.85. The Balaban J connectivity index is 2.59. The second-order valence-corrected chi connectivity index (χ2v) is 5.49. The fraction of sp³-hybridized carbons (Fsp3) is 0.267. The standard InChI is InChI=1S/C15H15N3O2/c1-15(2,3)18-7-6-13(17-18)12-8-10(9-16)4-5-11(12)14(19)20/h4-8H,1-3H3,(H,19,20). The summed E-state index contributed by atoms with van der Waals surface area (Å²) in [6.45, 7) is 6.02. The van der Waals surface area contributed by atoms with Crippen LogP contribution in [0.3, 0.4) is 0 Å². The molecule has 20 heavy (non-hydrogen) atoms. The maximum Gasteiger partial charge on any atom is 0.336 e. The third kappa shape index (κ3) is 2.54. The number of carbonyl (C=O) groups is 1. The Kier molecular flexibility index (Phi) is 3.33. The molecule has 0 saturated heterocycles. The number of benzene rings is 1. The van der Waals surface area contributed by atoms with Crippen LogP contribution in [-0.2, 0) is 5.54 Å². The van der Waals surface area contributed by atoms with Gasteiger partial charge in [-0.05, 0) is 45.0 Å². The van der Waals surface area contributed by atoms with Crippen LogP contribution in [0.25, 0.3) is 11.3 Å². The van der Waals surface area contributed by atoms with Gasteiger partial charge in [-0.25, -0.2) is 4.79 Å². The molecule has 0 saturated carbocycles. The van der Waals surface area contributed by atoms with E-state index in [-0.39, 0.29) is 11.1 Å². The molecule has 5 nitrogen and oxygen atoms in total. The van der Waals surface area contributed by atoms with Crippen LogP contribution in [0.4, 0.5) is 0 Å². The molecule has 1 N–H and O–H groups in total. The summed E-state index contributed by atoms with van der Waals surface area (Å²) in [6, 6.07) is 8.26. The van der Waals surface area contributed by atoms with Crippen molar-refractivity contribution < 1.29 is 9.90 Å². The first-order chi connectivity index (χ1) is 9.32. The molecule has 0 aliphatic carbocycles. The van der Waals surface area contributed by atoms with Crippen LogP contribution in [0, 0.1) is 11.3 Å². The van der Waals surface area contributed by atoms with Gasteiger partial charge in [0.25, 0.3) is 0 Å². The lowest BCUT2D eigenvalue weighted by Crippen LogP contribution is -2.22. The Hall–Kier alpha value is -2.61. The first kappa shape index (κ1) is 13.8. The lowest BCUT2D eigenvalue weighted by atomic mass is 10.0. The molecule has 0 fully saturated rings. The molecule has 0 radical (unpaired) electrons. The highest BCUT2D eigenvalue weighted by Gasteiger charge is 2.18. The summed E-state index contributed by atoms with van der Waals surface area (Å²) in [4.78, 5) is 11.3. The van der Waals surface area contributed by atoms with Gasteiger partial charge in [0.2, 0.25) is 0 Å². The lowest BCUT2D eigenvalue weighted by Gasteiger charge is -2.18. The third-order valence-electron chi connectivity index (χ3n) is 2.93. The zero-order valence-electron chi connectivity index (χ0n) is 11.6. The third-order valence-corrected chi connectivity index (χ3v) is 2.93. The van der Waals surface area contributed by atoms with E-state index in [1.807, 2.05) is 26.8 Å². The summed E-state index contributed by atoms with van der Waals surface area (Å²) < 4.78 is 1.77. The van der Waals surface area contributed by atoms with Crippen LogP contribution >= 0.6 is 0 Å². The summed E-state index contributed by atoms with van der Waals surface area (Å²) in [7, 11) is 0. The quantitative estimate of drug-likeness (QED) is 0.909. The van der Waals surface area contributed by atoms with Crippen LogP contribution in [0.2, 0.25) is 0 Å². The van der Waals surface area contributed by atoms with Crippen molar-refractivity contribution in [3.8, 4) is 17.3 Å². The van der Waals surface area contributed by atoms with Gasteiger partial charge >= 0.3 is 5.97 Å². The summed E-state index contributed by atoms with van der Waals surface area (Å²) in [5, 5.41) is 22.6. The smallest absolute Gasteiger partial charge is 0.336 e. The van der Waals surface area contributed by atoms with Crippen molar-refractivity contribution in [2.45, 2.75) is 26.3 Å². The van der Waals surface area contributed by atoms with Gasteiger partial charge in [0.05, 0.1) is 28.4 Å². The predicted octanol–water partition coefficient (Wildman–Crippen LogP) is 2.87. The van der Waals surface area contributed by atoms with Gasteiger partial charge in [0.15, 0.2) is 0 Å². The minimum atomic E-state index is -1.03. The van der Waals surface area contributed by atoms with Gasteiger partial charge in [-0.1, -0.05) is 0 Å². The van der Waals surface area contributed by atoms with Crippen LogP contribution < -0.4 is 0 Å². The van der Waals surface area contributed by atoms with Gasteiger partial charge < -0.3 is 5.11 Å². The number of nitriles is 1. The number of aromatic carboxylic acids is 1. The van der Waals surface area contributed by atoms with Crippen LogP contribution in [-0.4, -0.2) is 20.9 Å². The first-order valence-electron chi connectivity index (χ1n) is 6.17. The number of carboxylic acids is 1. The van der Waals surface area contributed by atoms with Crippen molar-refractivity contribution in [1.82, 2.24) is 9.78 Å². The lowest BCUT2D eigenvalue weighted by molar-refractivity contribution is 0.0697. The Bertz CT molecular complexity index is 703. The molecule has 0 aliphatic heterocycles.